The summed E-state index contributed by atoms with van der Waals surface area (Å²) < 4.78 is 15.4. The Kier molecular flexibility index (Phi) is 6.53. The summed E-state index contributed by atoms with van der Waals surface area (Å²) in [7, 11) is 4.51. The third-order valence-electron chi connectivity index (χ3n) is 4.98. The van der Waals surface area contributed by atoms with Crippen LogP contribution in [0.15, 0.2) is 48.8 Å². The van der Waals surface area contributed by atoms with E-state index in [1.807, 2.05) is 25.1 Å². The minimum absolute atomic E-state index is 0.315. The van der Waals surface area contributed by atoms with E-state index in [9.17, 15) is 4.79 Å². The molecule has 2 aromatic carbocycles. The number of ether oxygens (including phenoxy) is 3. The summed E-state index contributed by atoms with van der Waals surface area (Å²) in [4.78, 5) is 24.4. The molecule has 0 aliphatic rings. The molecule has 0 saturated carbocycles. The molecule has 2 aromatic heterocycles. The van der Waals surface area contributed by atoms with Crippen LogP contribution in [0.1, 0.15) is 15.9 Å². The fraction of sp³-hybridized carbons (Fsp3) is 0.174. The molecule has 4 aromatic rings. The van der Waals surface area contributed by atoms with E-state index < -0.39 is 0 Å². The van der Waals surface area contributed by atoms with E-state index in [0.29, 0.717) is 34.8 Å². The molecule has 3 N–H and O–H groups in total. The number of anilines is 4. The van der Waals surface area contributed by atoms with Crippen molar-refractivity contribution in [1.82, 2.24) is 25.1 Å². The molecule has 11 heteroatoms. The lowest BCUT2D eigenvalue weighted by Gasteiger charge is -2.13. The first-order valence-corrected chi connectivity index (χ1v) is 10.2. The fourth-order valence-corrected chi connectivity index (χ4v) is 3.20. The van der Waals surface area contributed by atoms with Crippen molar-refractivity contribution in [2.45, 2.75) is 6.92 Å². The third kappa shape index (κ3) is 4.88. The number of hydrogen-bond acceptors (Lipinski definition) is 10. The van der Waals surface area contributed by atoms with Gasteiger partial charge in [-0.05, 0) is 36.2 Å². The number of carbonyl (C=O) groups is 1. The summed E-state index contributed by atoms with van der Waals surface area (Å²) in [5, 5.41) is 13.4. The van der Waals surface area contributed by atoms with Crippen LogP contribution in [0, 0.1) is 6.92 Å². The number of methoxy groups -OCH3 is 3. The summed E-state index contributed by atoms with van der Waals surface area (Å²) >= 11 is 0. The van der Waals surface area contributed by atoms with Crippen LogP contribution in [0.5, 0.6) is 11.5 Å². The Labute approximate surface area is 195 Å². The van der Waals surface area contributed by atoms with Crippen molar-refractivity contribution in [3.8, 4) is 22.8 Å². The highest BCUT2D eigenvalue weighted by Crippen LogP contribution is 2.33. The van der Waals surface area contributed by atoms with Crippen molar-refractivity contribution in [2.24, 2.45) is 0 Å². The molecule has 2 heterocycles. The molecule has 0 spiro atoms. The van der Waals surface area contributed by atoms with Gasteiger partial charge in [-0.25, -0.2) is 14.8 Å². The zero-order chi connectivity index (χ0) is 24.1. The molecule has 0 amide bonds. The smallest absolute Gasteiger partial charge is 0.337 e. The molecule has 0 radical (unpaired) electrons. The number of hydrogen-bond donors (Lipinski definition) is 3. The molecular formula is C23H23N7O4. The van der Waals surface area contributed by atoms with Gasteiger partial charge in [0, 0.05) is 17.8 Å². The predicted molar refractivity (Wildman–Crippen MR) is 126 cm³/mol. The van der Waals surface area contributed by atoms with E-state index >= 15 is 0 Å². The lowest BCUT2D eigenvalue weighted by Crippen LogP contribution is -2.04. The minimum Gasteiger partial charge on any atom is -0.493 e. The molecule has 174 valence electrons. The van der Waals surface area contributed by atoms with Crippen LogP contribution in [0.2, 0.25) is 0 Å². The molecule has 11 nitrogen and oxygen atoms in total. The Morgan fingerprint density at radius 1 is 0.912 bits per heavy atom. The van der Waals surface area contributed by atoms with E-state index in [-0.39, 0.29) is 5.97 Å². The highest BCUT2D eigenvalue weighted by molar-refractivity contribution is 5.89. The van der Waals surface area contributed by atoms with E-state index in [1.165, 1.54) is 13.4 Å². The number of carbonyl (C=O) groups excluding carboxylic acids is 1. The number of aromatic nitrogens is 5. The SMILES string of the molecule is COC(=O)c1ccc(-c2cc(Nc3ncnc(Nc4cc(OC)c(OC)cc4C)n3)n[nH]2)cc1. The fourth-order valence-electron chi connectivity index (χ4n) is 3.20. The summed E-state index contributed by atoms with van der Waals surface area (Å²) in [5.41, 5.74) is 3.79. The topological polar surface area (TPSA) is 136 Å². The maximum Gasteiger partial charge on any atom is 0.337 e. The van der Waals surface area contributed by atoms with Crippen molar-refractivity contribution in [2.75, 3.05) is 32.0 Å². The van der Waals surface area contributed by atoms with Crippen LogP contribution in [-0.2, 0) is 4.74 Å². The number of nitrogens with zero attached hydrogens (tertiary/aromatic N) is 4. The second-order valence-electron chi connectivity index (χ2n) is 7.14. The van der Waals surface area contributed by atoms with E-state index in [4.69, 9.17) is 14.2 Å². The normalized spacial score (nSPS) is 10.5. The summed E-state index contributed by atoms with van der Waals surface area (Å²) in [5.74, 6) is 2.02. The standard InChI is InChI=1S/C23H23N7O4/c1-13-9-18(32-2)19(33-3)10-16(13)26-22-24-12-25-23(28-22)27-20-11-17(29-30-20)14-5-7-15(8-6-14)21(31)34-4/h5-12H,1-4H3,(H3,24,25,26,27,28,29,30). The number of H-pyrrole nitrogens is 1. The predicted octanol–water partition coefficient (Wildman–Crippen LogP) is 3.86. The van der Waals surface area contributed by atoms with Crippen LogP contribution < -0.4 is 20.1 Å². The Morgan fingerprint density at radius 3 is 2.26 bits per heavy atom. The average molecular weight is 461 g/mol. The largest absolute Gasteiger partial charge is 0.493 e. The minimum atomic E-state index is -0.388. The molecule has 0 aliphatic carbocycles. The Hall–Kier alpha value is -4.67. The quantitative estimate of drug-likeness (QED) is 0.332. The van der Waals surface area contributed by atoms with Gasteiger partial charge in [-0.2, -0.15) is 10.1 Å². The van der Waals surface area contributed by atoms with Gasteiger partial charge in [0.25, 0.3) is 0 Å². The molecule has 0 atom stereocenters. The molecule has 0 saturated heterocycles. The monoisotopic (exact) mass is 461 g/mol. The summed E-state index contributed by atoms with van der Waals surface area (Å²) in [6.07, 6.45) is 1.40. The second-order valence-corrected chi connectivity index (χ2v) is 7.14. The summed E-state index contributed by atoms with van der Waals surface area (Å²) in [6.45, 7) is 1.94. The van der Waals surface area contributed by atoms with Crippen molar-refractivity contribution in [3.05, 3.63) is 59.9 Å². The lowest BCUT2D eigenvalue weighted by atomic mass is 10.1. The molecule has 0 unspecified atom stereocenters. The number of nitrogens with one attached hydrogen (secondary N) is 3. The first-order chi connectivity index (χ1) is 16.5. The Balaban J connectivity index is 1.48. The molecule has 0 fully saturated rings. The highest BCUT2D eigenvalue weighted by atomic mass is 16.5. The van der Waals surface area contributed by atoms with Crippen LogP contribution in [0.4, 0.5) is 23.4 Å². The number of rotatable bonds is 8. The van der Waals surface area contributed by atoms with Gasteiger partial charge in [-0.3, -0.25) is 5.10 Å². The maximum atomic E-state index is 11.6. The third-order valence-corrected chi connectivity index (χ3v) is 4.98. The highest BCUT2D eigenvalue weighted by Gasteiger charge is 2.12. The molecule has 4 rings (SSSR count). The average Bonchev–Trinajstić information content (AvgIpc) is 3.33. The van der Waals surface area contributed by atoms with Crippen molar-refractivity contribution in [3.63, 3.8) is 0 Å². The van der Waals surface area contributed by atoms with Gasteiger partial charge in [-0.1, -0.05) is 12.1 Å². The van der Waals surface area contributed by atoms with Crippen LogP contribution >= 0.6 is 0 Å². The van der Waals surface area contributed by atoms with Gasteiger partial charge >= 0.3 is 5.97 Å². The zero-order valence-electron chi connectivity index (χ0n) is 19.0. The van der Waals surface area contributed by atoms with Crippen molar-refractivity contribution >= 4 is 29.4 Å². The Morgan fingerprint density at radius 2 is 1.59 bits per heavy atom. The van der Waals surface area contributed by atoms with Crippen molar-refractivity contribution < 1.29 is 19.0 Å². The van der Waals surface area contributed by atoms with Crippen molar-refractivity contribution in [1.29, 1.82) is 0 Å². The van der Waals surface area contributed by atoms with Gasteiger partial charge in [0.2, 0.25) is 11.9 Å². The van der Waals surface area contributed by atoms with Gasteiger partial charge in [-0.15, -0.1) is 0 Å². The number of benzene rings is 2. The van der Waals surface area contributed by atoms with Gasteiger partial charge < -0.3 is 24.8 Å². The second kappa shape index (κ2) is 9.86. The molecule has 0 bridgehead atoms. The summed E-state index contributed by atoms with van der Waals surface area (Å²) in [6, 6.07) is 12.5. The van der Waals surface area contributed by atoms with E-state index in [1.54, 1.807) is 38.5 Å². The maximum absolute atomic E-state index is 11.6. The van der Waals surface area contributed by atoms with Gasteiger partial charge in [0.15, 0.2) is 17.3 Å². The molecule has 34 heavy (non-hydrogen) atoms. The van der Waals surface area contributed by atoms with Gasteiger partial charge in [0.05, 0.1) is 32.6 Å². The van der Waals surface area contributed by atoms with Crippen LogP contribution in [0.25, 0.3) is 11.3 Å². The molecular weight excluding hydrogens is 438 g/mol. The Bertz CT molecular complexity index is 1310. The number of esters is 1. The zero-order valence-corrected chi connectivity index (χ0v) is 19.0. The molecule has 0 aliphatic heterocycles. The number of aromatic amines is 1. The first kappa shape index (κ1) is 22.5. The van der Waals surface area contributed by atoms with E-state index in [0.717, 1.165) is 22.5 Å². The lowest BCUT2D eigenvalue weighted by molar-refractivity contribution is 0.0600. The number of aryl methyl sites for hydroxylation is 1. The van der Waals surface area contributed by atoms with E-state index in [2.05, 4.69) is 35.8 Å². The first-order valence-electron chi connectivity index (χ1n) is 10.2. The van der Waals surface area contributed by atoms with Crippen LogP contribution in [-0.4, -0.2) is 52.4 Å². The van der Waals surface area contributed by atoms with Gasteiger partial charge in [0.1, 0.15) is 6.33 Å². The van der Waals surface area contributed by atoms with Crippen LogP contribution in [0.3, 0.4) is 0 Å².